The van der Waals surface area contributed by atoms with Crippen molar-refractivity contribution in [3.05, 3.63) is 59.7 Å². The molecule has 3 rings (SSSR count). The van der Waals surface area contributed by atoms with Crippen LogP contribution in [0.5, 0.6) is 11.5 Å². The molecule has 1 heterocycles. The van der Waals surface area contributed by atoms with Crippen LogP contribution >= 0.6 is 0 Å². The van der Waals surface area contributed by atoms with E-state index in [9.17, 15) is 4.79 Å². The van der Waals surface area contributed by atoms with E-state index < -0.39 is 0 Å². The van der Waals surface area contributed by atoms with Gasteiger partial charge in [-0.1, -0.05) is 37.3 Å². The van der Waals surface area contributed by atoms with Crippen LogP contribution < -0.4 is 14.8 Å². The fourth-order valence-electron chi connectivity index (χ4n) is 2.29. The minimum Gasteiger partial charge on any atom is -0.454 e. The van der Waals surface area contributed by atoms with Crippen LogP contribution in [0.15, 0.2) is 48.5 Å². The van der Waals surface area contributed by atoms with Gasteiger partial charge in [0.2, 0.25) is 6.79 Å². The Morgan fingerprint density at radius 3 is 2.71 bits per heavy atom. The van der Waals surface area contributed by atoms with Crippen molar-refractivity contribution in [2.24, 2.45) is 0 Å². The lowest BCUT2D eigenvalue weighted by Gasteiger charge is -2.13. The number of fused-ring (bicyclic) bond motifs is 1. The normalized spacial score (nSPS) is 13.8. The van der Waals surface area contributed by atoms with Crippen LogP contribution in [-0.4, -0.2) is 19.2 Å². The lowest BCUT2D eigenvalue weighted by molar-refractivity contribution is 0.0951. The summed E-state index contributed by atoms with van der Waals surface area (Å²) in [6, 6.07) is 15.4. The molecule has 108 valence electrons. The smallest absolute Gasteiger partial charge is 0.251 e. The Hall–Kier alpha value is -2.49. The molecule has 0 fully saturated rings. The van der Waals surface area contributed by atoms with Gasteiger partial charge in [0.25, 0.3) is 5.91 Å². The number of nitrogens with one attached hydrogen (secondary N) is 1. The number of hydrogen-bond donors (Lipinski definition) is 1. The molecule has 21 heavy (non-hydrogen) atoms. The van der Waals surface area contributed by atoms with E-state index >= 15 is 0 Å². The van der Waals surface area contributed by atoms with Gasteiger partial charge in [0, 0.05) is 12.1 Å². The van der Waals surface area contributed by atoms with Crippen LogP contribution in [0.3, 0.4) is 0 Å². The molecule has 1 amide bonds. The summed E-state index contributed by atoms with van der Waals surface area (Å²) in [6.45, 7) is 2.90. The van der Waals surface area contributed by atoms with Crippen molar-refractivity contribution in [2.75, 3.05) is 13.3 Å². The van der Waals surface area contributed by atoms with Crippen molar-refractivity contribution in [2.45, 2.75) is 12.8 Å². The monoisotopic (exact) mass is 283 g/mol. The maximum atomic E-state index is 12.2. The number of amides is 1. The van der Waals surface area contributed by atoms with Crippen molar-refractivity contribution in [3.63, 3.8) is 0 Å². The molecule has 1 aliphatic heterocycles. The van der Waals surface area contributed by atoms with Gasteiger partial charge < -0.3 is 14.8 Å². The van der Waals surface area contributed by atoms with Crippen LogP contribution in [0.4, 0.5) is 0 Å². The number of rotatable bonds is 4. The van der Waals surface area contributed by atoms with Gasteiger partial charge in [0.1, 0.15) is 0 Å². The van der Waals surface area contributed by atoms with E-state index in [1.807, 2.05) is 18.2 Å². The van der Waals surface area contributed by atoms with Crippen molar-refractivity contribution >= 4 is 5.91 Å². The molecule has 0 saturated carbocycles. The number of carbonyl (C=O) groups is 1. The van der Waals surface area contributed by atoms with E-state index in [0.29, 0.717) is 23.6 Å². The third kappa shape index (κ3) is 2.99. The molecule has 0 aliphatic carbocycles. The lowest BCUT2D eigenvalue weighted by atomic mass is 10.0. The molecule has 0 aromatic heterocycles. The first-order valence-corrected chi connectivity index (χ1v) is 6.97. The summed E-state index contributed by atoms with van der Waals surface area (Å²) in [5.41, 5.74) is 1.79. The third-order valence-corrected chi connectivity index (χ3v) is 3.57. The highest BCUT2D eigenvalue weighted by Crippen LogP contribution is 2.32. The van der Waals surface area contributed by atoms with E-state index in [0.717, 1.165) is 0 Å². The number of ether oxygens (including phenoxy) is 2. The summed E-state index contributed by atoms with van der Waals surface area (Å²) in [5.74, 6) is 1.48. The number of hydrogen-bond acceptors (Lipinski definition) is 3. The van der Waals surface area contributed by atoms with Crippen molar-refractivity contribution in [1.82, 2.24) is 5.32 Å². The van der Waals surface area contributed by atoms with Gasteiger partial charge in [0.05, 0.1) is 0 Å². The Morgan fingerprint density at radius 1 is 1.14 bits per heavy atom. The van der Waals surface area contributed by atoms with Gasteiger partial charge >= 0.3 is 0 Å². The molecule has 0 radical (unpaired) electrons. The quantitative estimate of drug-likeness (QED) is 0.938. The van der Waals surface area contributed by atoms with E-state index in [1.165, 1.54) is 5.56 Å². The van der Waals surface area contributed by atoms with Crippen LogP contribution in [0.1, 0.15) is 28.8 Å². The maximum absolute atomic E-state index is 12.2. The molecule has 0 spiro atoms. The topological polar surface area (TPSA) is 47.6 Å². The Labute approximate surface area is 123 Å². The van der Waals surface area contributed by atoms with Crippen LogP contribution in [-0.2, 0) is 0 Å². The Morgan fingerprint density at radius 2 is 1.90 bits per heavy atom. The van der Waals surface area contributed by atoms with Gasteiger partial charge in [-0.3, -0.25) is 4.79 Å². The standard InChI is InChI=1S/C17H17NO3/c1-12(13-5-3-2-4-6-13)10-18-17(19)14-7-8-15-16(9-14)21-11-20-15/h2-9,12H,10-11H2,1H3,(H,18,19)/t12-/m0/s1. The fraction of sp³-hybridized carbons (Fsp3) is 0.235. The van der Waals surface area contributed by atoms with E-state index in [-0.39, 0.29) is 18.6 Å². The van der Waals surface area contributed by atoms with E-state index in [1.54, 1.807) is 18.2 Å². The zero-order chi connectivity index (χ0) is 14.7. The van der Waals surface area contributed by atoms with Crippen molar-refractivity contribution in [3.8, 4) is 11.5 Å². The molecule has 2 aromatic carbocycles. The number of carbonyl (C=O) groups excluding carboxylic acids is 1. The Balaban J connectivity index is 1.62. The first kappa shape index (κ1) is 13.5. The van der Waals surface area contributed by atoms with E-state index in [2.05, 4.69) is 24.4 Å². The summed E-state index contributed by atoms with van der Waals surface area (Å²) >= 11 is 0. The summed E-state index contributed by atoms with van der Waals surface area (Å²) in [6.07, 6.45) is 0. The second kappa shape index (κ2) is 5.87. The van der Waals surface area contributed by atoms with Crippen LogP contribution in [0, 0.1) is 0 Å². The molecule has 4 nitrogen and oxygen atoms in total. The summed E-state index contributed by atoms with van der Waals surface area (Å²) in [4.78, 5) is 12.2. The fourth-order valence-corrected chi connectivity index (χ4v) is 2.29. The molecule has 4 heteroatoms. The largest absolute Gasteiger partial charge is 0.454 e. The van der Waals surface area contributed by atoms with Gasteiger partial charge in [-0.15, -0.1) is 0 Å². The second-order valence-corrected chi connectivity index (χ2v) is 5.09. The average Bonchev–Trinajstić information content (AvgIpc) is 3.00. The van der Waals surface area contributed by atoms with Gasteiger partial charge in [-0.05, 0) is 29.7 Å². The molecule has 2 aromatic rings. The minimum atomic E-state index is -0.101. The second-order valence-electron chi connectivity index (χ2n) is 5.09. The zero-order valence-corrected chi connectivity index (χ0v) is 11.8. The maximum Gasteiger partial charge on any atom is 0.251 e. The summed E-state index contributed by atoms with van der Waals surface area (Å²) in [5, 5.41) is 2.95. The van der Waals surface area contributed by atoms with Gasteiger partial charge in [-0.25, -0.2) is 0 Å². The lowest BCUT2D eigenvalue weighted by Crippen LogP contribution is -2.27. The third-order valence-electron chi connectivity index (χ3n) is 3.57. The first-order valence-electron chi connectivity index (χ1n) is 6.97. The SMILES string of the molecule is C[C@@H](CNC(=O)c1ccc2c(c1)OCO2)c1ccccc1. The van der Waals surface area contributed by atoms with Crippen molar-refractivity contribution in [1.29, 1.82) is 0 Å². The average molecular weight is 283 g/mol. The van der Waals surface area contributed by atoms with Crippen molar-refractivity contribution < 1.29 is 14.3 Å². The van der Waals surface area contributed by atoms with E-state index in [4.69, 9.17) is 9.47 Å². The highest BCUT2D eigenvalue weighted by atomic mass is 16.7. The molecule has 0 saturated heterocycles. The van der Waals surface area contributed by atoms with Crippen LogP contribution in [0.2, 0.25) is 0 Å². The number of benzene rings is 2. The molecule has 1 N–H and O–H groups in total. The van der Waals surface area contributed by atoms with Gasteiger partial charge in [0.15, 0.2) is 11.5 Å². The molecular weight excluding hydrogens is 266 g/mol. The Kier molecular flexibility index (Phi) is 3.77. The molecular formula is C17H17NO3. The van der Waals surface area contributed by atoms with Gasteiger partial charge in [-0.2, -0.15) is 0 Å². The molecule has 1 atom stereocenters. The first-order chi connectivity index (χ1) is 10.2. The molecule has 1 aliphatic rings. The molecule has 0 unspecified atom stereocenters. The predicted octanol–water partition coefficient (Wildman–Crippen LogP) is 2.95. The minimum absolute atomic E-state index is 0.101. The highest BCUT2D eigenvalue weighted by Gasteiger charge is 2.16. The molecule has 0 bridgehead atoms. The highest BCUT2D eigenvalue weighted by molar-refractivity contribution is 5.94. The predicted molar refractivity (Wildman–Crippen MR) is 79.8 cm³/mol. The van der Waals surface area contributed by atoms with Crippen LogP contribution in [0.25, 0.3) is 0 Å². The summed E-state index contributed by atoms with van der Waals surface area (Å²) in [7, 11) is 0. The Bertz CT molecular complexity index is 640. The summed E-state index contributed by atoms with van der Waals surface area (Å²) < 4.78 is 10.5. The zero-order valence-electron chi connectivity index (χ0n) is 11.8.